The molecule has 132 valence electrons. The molecule has 0 heterocycles. The Kier molecular flexibility index (Phi) is 7.91. The van der Waals surface area contributed by atoms with Crippen molar-refractivity contribution in [1.82, 2.24) is 5.32 Å². The predicted molar refractivity (Wildman–Crippen MR) is 85.9 cm³/mol. The molecule has 3 atom stereocenters. The first-order valence-corrected chi connectivity index (χ1v) is 7.48. The highest BCUT2D eigenvalue weighted by Crippen LogP contribution is 2.17. The maximum absolute atomic E-state index is 12.5. The first-order valence-electron chi connectivity index (χ1n) is 7.48. The van der Waals surface area contributed by atoms with Crippen molar-refractivity contribution in [1.29, 1.82) is 0 Å². The van der Waals surface area contributed by atoms with Crippen molar-refractivity contribution < 1.29 is 28.6 Å². The minimum Gasteiger partial charge on any atom is -0.469 e. The standard InChI is InChI=1S/C17H23NO6/c1-11(16(20)23-3)10-13(17(21)24-4)18-15(19)14(22-2)12-8-6-5-7-9-12/h5-9,11,13-14H,10H2,1-4H3,(H,18,19)/t11-,13-,14-/m1/s1. The van der Waals surface area contributed by atoms with Crippen LogP contribution in [-0.2, 0) is 28.6 Å². The van der Waals surface area contributed by atoms with E-state index in [0.717, 1.165) is 0 Å². The van der Waals surface area contributed by atoms with E-state index in [9.17, 15) is 14.4 Å². The third-order valence-electron chi connectivity index (χ3n) is 3.57. The number of benzene rings is 1. The molecule has 0 saturated carbocycles. The lowest BCUT2D eigenvalue weighted by Crippen LogP contribution is -2.45. The fraction of sp³-hybridized carbons (Fsp3) is 0.471. The number of hydrogen-bond acceptors (Lipinski definition) is 6. The van der Waals surface area contributed by atoms with Gasteiger partial charge in [0.25, 0.3) is 5.91 Å². The number of rotatable bonds is 8. The summed E-state index contributed by atoms with van der Waals surface area (Å²) in [6.07, 6.45) is -0.803. The summed E-state index contributed by atoms with van der Waals surface area (Å²) in [4.78, 5) is 35.9. The topological polar surface area (TPSA) is 90.9 Å². The van der Waals surface area contributed by atoms with Gasteiger partial charge < -0.3 is 19.5 Å². The molecule has 1 aromatic carbocycles. The van der Waals surface area contributed by atoms with Crippen molar-refractivity contribution in [2.75, 3.05) is 21.3 Å². The molecule has 0 aliphatic heterocycles. The van der Waals surface area contributed by atoms with Crippen LogP contribution in [-0.4, -0.2) is 45.2 Å². The molecule has 0 aliphatic rings. The SMILES string of the molecule is COC(=O)[C@H](C)C[C@@H](NC(=O)[C@H](OC)c1ccccc1)C(=O)OC. The van der Waals surface area contributed by atoms with E-state index < -0.39 is 35.9 Å². The summed E-state index contributed by atoms with van der Waals surface area (Å²) in [5.74, 6) is -2.17. The second-order valence-corrected chi connectivity index (χ2v) is 5.27. The Morgan fingerprint density at radius 3 is 2.08 bits per heavy atom. The predicted octanol–water partition coefficient (Wildman–Crippen LogP) is 1.23. The van der Waals surface area contributed by atoms with Crippen molar-refractivity contribution in [3.05, 3.63) is 35.9 Å². The van der Waals surface area contributed by atoms with E-state index in [-0.39, 0.29) is 6.42 Å². The van der Waals surface area contributed by atoms with E-state index >= 15 is 0 Å². The summed E-state index contributed by atoms with van der Waals surface area (Å²) in [5, 5.41) is 2.58. The van der Waals surface area contributed by atoms with E-state index in [1.807, 2.05) is 6.07 Å². The van der Waals surface area contributed by atoms with Gasteiger partial charge >= 0.3 is 11.9 Å². The molecule has 0 aliphatic carbocycles. The average molecular weight is 337 g/mol. The van der Waals surface area contributed by atoms with Crippen LogP contribution in [0.25, 0.3) is 0 Å². The Morgan fingerprint density at radius 2 is 1.58 bits per heavy atom. The lowest BCUT2D eigenvalue weighted by molar-refractivity contribution is -0.150. The largest absolute Gasteiger partial charge is 0.469 e. The van der Waals surface area contributed by atoms with Crippen LogP contribution in [0.5, 0.6) is 0 Å². The number of methoxy groups -OCH3 is 3. The van der Waals surface area contributed by atoms with Crippen LogP contribution in [0.15, 0.2) is 30.3 Å². The molecule has 0 aromatic heterocycles. The minimum atomic E-state index is -0.974. The van der Waals surface area contributed by atoms with Crippen LogP contribution >= 0.6 is 0 Å². The Morgan fingerprint density at radius 1 is 1.00 bits per heavy atom. The summed E-state index contributed by atoms with van der Waals surface area (Å²) in [6, 6.07) is 7.91. The number of carbonyl (C=O) groups excluding carboxylic acids is 3. The Balaban J connectivity index is 2.86. The molecule has 0 bridgehead atoms. The Labute approximate surface area is 141 Å². The van der Waals surface area contributed by atoms with Crippen molar-refractivity contribution in [2.45, 2.75) is 25.5 Å². The zero-order chi connectivity index (χ0) is 18.1. The van der Waals surface area contributed by atoms with Gasteiger partial charge in [-0.2, -0.15) is 0 Å². The zero-order valence-electron chi connectivity index (χ0n) is 14.3. The Bertz CT molecular complexity index is 559. The first kappa shape index (κ1) is 19.6. The van der Waals surface area contributed by atoms with Gasteiger partial charge in [0.15, 0.2) is 6.10 Å². The summed E-state index contributed by atoms with van der Waals surface area (Å²) in [7, 11) is 3.89. The fourth-order valence-electron chi connectivity index (χ4n) is 2.28. The van der Waals surface area contributed by atoms with Crippen LogP contribution in [0.2, 0.25) is 0 Å². The van der Waals surface area contributed by atoms with E-state index in [4.69, 9.17) is 9.47 Å². The van der Waals surface area contributed by atoms with E-state index in [2.05, 4.69) is 10.1 Å². The molecule has 0 spiro atoms. The molecule has 0 radical (unpaired) electrons. The van der Waals surface area contributed by atoms with Gasteiger partial charge in [0.05, 0.1) is 20.1 Å². The van der Waals surface area contributed by atoms with E-state index in [1.165, 1.54) is 21.3 Å². The third kappa shape index (κ3) is 5.34. The molecular formula is C17H23NO6. The van der Waals surface area contributed by atoms with Gasteiger partial charge in [-0.05, 0) is 12.0 Å². The van der Waals surface area contributed by atoms with E-state index in [0.29, 0.717) is 5.56 Å². The summed E-state index contributed by atoms with van der Waals surface area (Å²) >= 11 is 0. The number of nitrogens with one attached hydrogen (secondary N) is 1. The summed E-state index contributed by atoms with van der Waals surface area (Å²) < 4.78 is 14.6. The lowest BCUT2D eigenvalue weighted by atomic mass is 10.0. The van der Waals surface area contributed by atoms with Gasteiger partial charge in [-0.25, -0.2) is 4.79 Å². The summed E-state index contributed by atoms with van der Waals surface area (Å²) in [6.45, 7) is 1.61. The smallest absolute Gasteiger partial charge is 0.328 e. The Hall–Kier alpha value is -2.41. The highest BCUT2D eigenvalue weighted by molar-refractivity contribution is 5.88. The van der Waals surface area contributed by atoms with Crippen molar-refractivity contribution in [2.24, 2.45) is 5.92 Å². The third-order valence-corrected chi connectivity index (χ3v) is 3.57. The van der Waals surface area contributed by atoms with Gasteiger partial charge in [0.2, 0.25) is 0 Å². The average Bonchev–Trinajstić information content (AvgIpc) is 2.61. The van der Waals surface area contributed by atoms with Gasteiger partial charge in [-0.3, -0.25) is 9.59 Å². The van der Waals surface area contributed by atoms with E-state index in [1.54, 1.807) is 31.2 Å². The number of carbonyl (C=O) groups is 3. The molecule has 0 fully saturated rings. The molecular weight excluding hydrogens is 314 g/mol. The number of amides is 1. The summed E-state index contributed by atoms with van der Waals surface area (Å²) in [5.41, 5.74) is 0.655. The van der Waals surface area contributed by atoms with Crippen molar-refractivity contribution in [3.8, 4) is 0 Å². The fourth-order valence-corrected chi connectivity index (χ4v) is 2.28. The van der Waals surface area contributed by atoms with Gasteiger partial charge in [-0.15, -0.1) is 0 Å². The normalized spacial score (nSPS) is 14.2. The van der Waals surface area contributed by atoms with Gasteiger partial charge in [0, 0.05) is 7.11 Å². The van der Waals surface area contributed by atoms with Gasteiger partial charge in [0.1, 0.15) is 6.04 Å². The number of esters is 2. The van der Waals surface area contributed by atoms with Crippen LogP contribution < -0.4 is 5.32 Å². The number of ether oxygens (including phenoxy) is 3. The zero-order valence-corrected chi connectivity index (χ0v) is 14.3. The maximum Gasteiger partial charge on any atom is 0.328 e. The molecule has 24 heavy (non-hydrogen) atoms. The monoisotopic (exact) mass is 337 g/mol. The van der Waals surface area contributed by atoms with Gasteiger partial charge in [-0.1, -0.05) is 37.3 Å². The minimum absolute atomic E-state index is 0.0658. The molecule has 1 aromatic rings. The first-order chi connectivity index (χ1) is 11.4. The second-order valence-electron chi connectivity index (χ2n) is 5.27. The lowest BCUT2D eigenvalue weighted by Gasteiger charge is -2.22. The van der Waals surface area contributed by atoms with Crippen LogP contribution in [0.1, 0.15) is 25.0 Å². The molecule has 1 N–H and O–H groups in total. The molecule has 0 unspecified atom stereocenters. The van der Waals surface area contributed by atoms with Crippen molar-refractivity contribution in [3.63, 3.8) is 0 Å². The number of hydrogen-bond donors (Lipinski definition) is 1. The van der Waals surface area contributed by atoms with Crippen LogP contribution in [0, 0.1) is 5.92 Å². The van der Waals surface area contributed by atoms with Crippen molar-refractivity contribution >= 4 is 17.8 Å². The highest BCUT2D eigenvalue weighted by atomic mass is 16.5. The molecule has 1 amide bonds. The van der Waals surface area contributed by atoms with Crippen LogP contribution in [0.3, 0.4) is 0 Å². The second kappa shape index (κ2) is 9.67. The molecule has 7 nitrogen and oxygen atoms in total. The molecule has 7 heteroatoms. The maximum atomic E-state index is 12.5. The highest BCUT2D eigenvalue weighted by Gasteiger charge is 2.30. The molecule has 0 saturated heterocycles. The molecule has 1 rings (SSSR count). The quantitative estimate of drug-likeness (QED) is 0.718. The van der Waals surface area contributed by atoms with Crippen LogP contribution in [0.4, 0.5) is 0 Å².